The fourth-order valence-corrected chi connectivity index (χ4v) is 6.74. The Morgan fingerprint density at radius 2 is 1.60 bits per heavy atom. The molecule has 0 spiro atoms. The summed E-state index contributed by atoms with van der Waals surface area (Å²) in [5.74, 6) is 3.30. The van der Waals surface area contributed by atoms with Crippen LogP contribution in [0.4, 0.5) is 0 Å². The summed E-state index contributed by atoms with van der Waals surface area (Å²) in [6, 6.07) is 23.0. The molecule has 202 valence electrons. The Balaban J connectivity index is 1.32. The van der Waals surface area contributed by atoms with Crippen molar-refractivity contribution in [1.29, 1.82) is 0 Å². The van der Waals surface area contributed by atoms with E-state index >= 15 is 0 Å². The number of nitrogens with zero attached hydrogens (tertiary/aromatic N) is 2. The highest BCUT2D eigenvalue weighted by Gasteiger charge is 2.40. The molecule has 0 aromatic heterocycles. The maximum absolute atomic E-state index is 5.92. The minimum Gasteiger partial charge on any atom is -0.497 e. The third-order valence-corrected chi connectivity index (χ3v) is 8.60. The van der Waals surface area contributed by atoms with Crippen LogP contribution in [0.5, 0.6) is 23.0 Å². The van der Waals surface area contributed by atoms with E-state index < -0.39 is 0 Å². The Morgan fingerprint density at radius 1 is 0.875 bits per heavy atom. The summed E-state index contributed by atoms with van der Waals surface area (Å²) in [6.07, 6.45) is 5.37. The predicted molar refractivity (Wildman–Crippen MR) is 160 cm³/mol. The zero-order valence-electron chi connectivity index (χ0n) is 22.6. The van der Waals surface area contributed by atoms with E-state index in [0.717, 1.165) is 69.9 Å². The van der Waals surface area contributed by atoms with Crippen molar-refractivity contribution in [2.24, 2.45) is 4.99 Å². The molecule has 0 fully saturated rings. The van der Waals surface area contributed by atoms with Gasteiger partial charge in [-0.2, -0.15) is 0 Å². The van der Waals surface area contributed by atoms with Crippen molar-refractivity contribution in [3.05, 3.63) is 106 Å². The molecule has 1 atom stereocenters. The standard InChI is InChI=1S/C33H30N2O4S/c1-36-25-11-6-21(7-12-25)18-24-4-3-5-27-31(24)34-33-35(32(27)22-8-13-26(37-2)14-9-22)28(20-40-33)23-10-15-29-30(19-23)39-17-16-38-29/h6-15,18-20,32H,3-5,16-17H2,1-2H3. The maximum Gasteiger partial charge on any atom is 0.174 e. The first kappa shape index (κ1) is 24.9. The minimum atomic E-state index is 0.0300. The van der Waals surface area contributed by atoms with Crippen LogP contribution in [0.1, 0.15) is 42.0 Å². The van der Waals surface area contributed by atoms with Crippen LogP contribution in [0.15, 0.2) is 94.0 Å². The molecule has 0 N–H and O–H groups in total. The molecular weight excluding hydrogens is 520 g/mol. The number of amidine groups is 1. The Morgan fingerprint density at radius 3 is 2.35 bits per heavy atom. The number of hydrogen-bond acceptors (Lipinski definition) is 7. The van der Waals surface area contributed by atoms with Crippen LogP contribution in [0, 0.1) is 0 Å². The molecule has 6 nitrogen and oxygen atoms in total. The second-order valence-corrected chi connectivity index (χ2v) is 10.9. The van der Waals surface area contributed by atoms with E-state index in [1.54, 1.807) is 26.0 Å². The van der Waals surface area contributed by atoms with E-state index in [1.807, 2.05) is 18.2 Å². The average molecular weight is 551 g/mol. The molecule has 0 bridgehead atoms. The van der Waals surface area contributed by atoms with Crippen LogP contribution >= 0.6 is 11.8 Å². The van der Waals surface area contributed by atoms with Crippen LogP contribution in [0.25, 0.3) is 11.8 Å². The average Bonchev–Trinajstić information content (AvgIpc) is 3.44. The lowest BCUT2D eigenvalue weighted by atomic mass is 9.82. The van der Waals surface area contributed by atoms with Crippen LogP contribution in [0.3, 0.4) is 0 Å². The topological polar surface area (TPSA) is 52.5 Å². The number of rotatable bonds is 5. The van der Waals surface area contributed by atoms with Gasteiger partial charge in [-0.1, -0.05) is 36.0 Å². The lowest BCUT2D eigenvalue weighted by Gasteiger charge is -2.40. The van der Waals surface area contributed by atoms with Gasteiger partial charge in [0.05, 0.1) is 31.7 Å². The summed E-state index contributed by atoms with van der Waals surface area (Å²) in [7, 11) is 3.40. The van der Waals surface area contributed by atoms with Gasteiger partial charge in [0, 0.05) is 11.0 Å². The fraction of sp³-hybridized carbons (Fsp3) is 0.242. The monoisotopic (exact) mass is 550 g/mol. The molecule has 4 aliphatic rings. The normalized spacial score (nSPS) is 20.5. The number of aliphatic imine (C=N–C) groups is 1. The van der Waals surface area contributed by atoms with Crippen LogP contribution in [0.2, 0.25) is 0 Å². The van der Waals surface area contributed by atoms with E-state index in [4.69, 9.17) is 23.9 Å². The number of allylic oxidation sites excluding steroid dienone is 1. The highest BCUT2D eigenvalue weighted by molar-refractivity contribution is 8.16. The van der Waals surface area contributed by atoms with Crippen molar-refractivity contribution >= 4 is 28.7 Å². The summed E-state index contributed by atoms with van der Waals surface area (Å²) >= 11 is 1.68. The van der Waals surface area contributed by atoms with Crippen molar-refractivity contribution in [3.8, 4) is 23.0 Å². The first-order chi connectivity index (χ1) is 19.7. The highest BCUT2D eigenvalue weighted by atomic mass is 32.2. The van der Waals surface area contributed by atoms with Crippen molar-refractivity contribution in [2.75, 3.05) is 27.4 Å². The summed E-state index contributed by atoms with van der Waals surface area (Å²) in [5, 5.41) is 3.21. The van der Waals surface area contributed by atoms with Gasteiger partial charge in [-0.3, -0.25) is 0 Å². The molecule has 0 amide bonds. The van der Waals surface area contributed by atoms with Gasteiger partial charge in [-0.25, -0.2) is 4.99 Å². The molecule has 0 radical (unpaired) electrons. The number of thioether (sulfide) groups is 1. The van der Waals surface area contributed by atoms with Crippen LogP contribution in [-0.4, -0.2) is 37.5 Å². The quantitative estimate of drug-likeness (QED) is 0.329. The van der Waals surface area contributed by atoms with Gasteiger partial charge in [0.2, 0.25) is 0 Å². The Hall–Kier alpha value is -4.10. The molecule has 7 rings (SSSR count). The van der Waals surface area contributed by atoms with Gasteiger partial charge >= 0.3 is 0 Å². The van der Waals surface area contributed by atoms with Gasteiger partial charge in [-0.15, -0.1) is 0 Å². The molecule has 3 aromatic rings. The zero-order chi connectivity index (χ0) is 27.1. The van der Waals surface area contributed by atoms with E-state index in [1.165, 1.54) is 16.7 Å². The molecule has 40 heavy (non-hydrogen) atoms. The van der Waals surface area contributed by atoms with Gasteiger partial charge in [-0.05, 0) is 90.1 Å². The molecular formula is C33H30N2O4S. The molecule has 7 heteroatoms. The van der Waals surface area contributed by atoms with Crippen molar-refractivity contribution in [2.45, 2.75) is 25.3 Å². The van der Waals surface area contributed by atoms with Crippen LogP contribution in [-0.2, 0) is 0 Å². The van der Waals surface area contributed by atoms with Crippen molar-refractivity contribution in [1.82, 2.24) is 4.90 Å². The van der Waals surface area contributed by atoms with Crippen LogP contribution < -0.4 is 18.9 Å². The Bertz CT molecular complexity index is 1570. The number of fused-ring (bicyclic) bond motifs is 2. The summed E-state index contributed by atoms with van der Waals surface area (Å²) in [4.78, 5) is 7.71. The highest BCUT2D eigenvalue weighted by Crippen LogP contribution is 2.51. The maximum atomic E-state index is 5.92. The van der Waals surface area contributed by atoms with E-state index in [9.17, 15) is 0 Å². The number of ether oxygens (including phenoxy) is 4. The zero-order valence-corrected chi connectivity index (χ0v) is 23.4. The van der Waals surface area contributed by atoms with E-state index in [2.05, 4.69) is 64.9 Å². The molecule has 3 heterocycles. The van der Waals surface area contributed by atoms with E-state index in [-0.39, 0.29) is 6.04 Å². The first-order valence-corrected chi connectivity index (χ1v) is 14.5. The molecule has 1 aliphatic carbocycles. The second kappa shape index (κ2) is 10.5. The first-order valence-electron chi connectivity index (χ1n) is 13.6. The van der Waals surface area contributed by atoms with Gasteiger partial charge < -0.3 is 23.8 Å². The Labute approximate surface area is 238 Å². The molecule has 0 saturated carbocycles. The second-order valence-electron chi connectivity index (χ2n) is 10.1. The molecule has 0 saturated heterocycles. The number of benzene rings is 3. The van der Waals surface area contributed by atoms with E-state index in [0.29, 0.717) is 13.2 Å². The minimum absolute atomic E-state index is 0.0300. The van der Waals surface area contributed by atoms with Crippen molar-refractivity contribution in [3.63, 3.8) is 0 Å². The Kier molecular flexibility index (Phi) is 6.52. The smallest absolute Gasteiger partial charge is 0.174 e. The predicted octanol–water partition coefficient (Wildman–Crippen LogP) is 7.45. The number of methoxy groups -OCH3 is 2. The fourth-order valence-electron chi connectivity index (χ4n) is 5.82. The SMILES string of the molecule is COc1ccc(C=C2CCCC3=C2N=C2SC=C(c4ccc5c(c4)OCCO5)N2C3c2ccc(OC)cc2)cc1. The molecule has 3 aliphatic heterocycles. The largest absolute Gasteiger partial charge is 0.497 e. The van der Waals surface area contributed by atoms with Gasteiger partial charge in [0.15, 0.2) is 16.7 Å². The lowest BCUT2D eigenvalue weighted by molar-refractivity contribution is 0.171. The third kappa shape index (κ3) is 4.44. The third-order valence-electron chi connectivity index (χ3n) is 7.76. The summed E-state index contributed by atoms with van der Waals surface area (Å²) < 4.78 is 22.5. The van der Waals surface area contributed by atoms with Gasteiger partial charge in [0.1, 0.15) is 24.7 Å². The summed E-state index contributed by atoms with van der Waals surface area (Å²) in [6.45, 7) is 1.14. The van der Waals surface area contributed by atoms with Crippen molar-refractivity contribution < 1.29 is 18.9 Å². The number of hydrogen-bond donors (Lipinski definition) is 0. The molecule has 3 aromatic carbocycles. The lowest BCUT2D eigenvalue weighted by Crippen LogP contribution is -2.34. The van der Waals surface area contributed by atoms with Gasteiger partial charge in [0.25, 0.3) is 0 Å². The summed E-state index contributed by atoms with van der Waals surface area (Å²) in [5.41, 5.74) is 8.35. The molecule has 1 unspecified atom stereocenters.